The highest BCUT2D eigenvalue weighted by Gasteiger charge is 2.44. The number of carbonyl (C=O) groups excluding carboxylic acids is 2. The number of hydrogen-bond acceptors (Lipinski definition) is 5. The molecule has 0 bridgehead atoms. The third-order valence-corrected chi connectivity index (χ3v) is 5.63. The van der Waals surface area contributed by atoms with Gasteiger partial charge in [-0.1, -0.05) is 0 Å². The first-order valence-electron chi connectivity index (χ1n) is 10.2. The van der Waals surface area contributed by atoms with Crippen LogP contribution in [0.2, 0.25) is 0 Å². The van der Waals surface area contributed by atoms with E-state index in [0.29, 0.717) is 5.82 Å². The van der Waals surface area contributed by atoms with Gasteiger partial charge in [0, 0.05) is 42.9 Å². The predicted octanol–water partition coefficient (Wildman–Crippen LogP) is 2.66. The van der Waals surface area contributed by atoms with Gasteiger partial charge in [-0.2, -0.15) is 10.2 Å². The highest BCUT2D eigenvalue weighted by Crippen LogP contribution is 2.47. The molecule has 2 aromatic rings. The van der Waals surface area contributed by atoms with Crippen LogP contribution in [0.3, 0.4) is 0 Å². The molecular weight excluding hydrogens is 372 g/mol. The Hall–Kier alpha value is -2.84. The molecule has 2 unspecified atom stereocenters. The van der Waals surface area contributed by atoms with Gasteiger partial charge in [-0.25, -0.2) is 4.79 Å². The molecule has 9 heteroatoms. The second-order valence-electron chi connectivity index (χ2n) is 8.43. The number of amides is 2. The van der Waals surface area contributed by atoms with Gasteiger partial charge in [0.05, 0.1) is 6.20 Å². The molecule has 9 nitrogen and oxygen atoms in total. The molecule has 2 amide bonds. The molecule has 2 heterocycles. The zero-order valence-electron chi connectivity index (χ0n) is 17.0. The lowest BCUT2D eigenvalue weighted by Gasteiger charge is -2.14. The molecule has 2 aliphatic rings. The number of hydrogen-bond donors (Lipinski definition) is 3. The highest BCUT2D eigenvalue weighted by molar-refractivity contribution is 5.94. The Morgan fingerprint density at radius 1 is 1.31 bits per heavy atom. The number of anilines is 1. The summed E-state index contributed by atoms with van der Waals surface area (Å²) in [4.78, 5) is 24.3. The third kappa shape index (κ3) is 4.60. The summed E-state index contributed by atoms with van der Waals surface area (Å²) in [5.41, 5.74) is 2.07. The number of rotatable bonds is 6. The molecule has 0 saturated heterocycles. The Morgan fingerprint density at radius 3 is 2.86 bits per heavy atom. The predicted molar refractivity (Wildman–Crippen MR) is 106 cm³/mol. The summed E-state index contributed by atoms with van der Waals surface area (Å²) in [5.74, 6) is 1.00. The van der Waals surface area contributed by atoms with Crippen molar-refractivity contribution in [3.8, 4) is 0 Å². The molecule has 0 radical (unpaired) electrons. The van der Waals surface area contributed by atoms with Crippen LogP contribution in [-0.2, 0) is 16.6 Å². The molecule has 2 aromatic heterocycles. The fourth-order valence-corrected chi connectivity index (χ4v) is 4.06. The van der Waals surface area contributed by atoms with Crippen molar-refractivity contribution >= 4 is 17.8 Å². The topological polar surface area (TPSA) is 114 Å². The monoisotopic (exact) mass is 400 g/mol. The largest absolute Gasteiger partial charge is 0.446 e. The van der Waals surface area contributed by atoms with Gasteiger partial charge in [-0.3, -0.25) is 14.6 Å². The minimum absolute atomic E-state index is 0.00473. The molecule has 0 spiro atoms. The Bertz CT molecular complexity index is 888. The standard InChI is InChI=1S/C20H28N6O3/c1-11(2)22-20(28)29-14-5-4-12(6-14)17-8-18(25-24-17)23-19(27)16-7-15(16)13-9-21-26(3)10-13/h8-12,14-16H,4-7H2,1-3H3,(H,22,28)(H2,23,24,25,27)/t12-,14+,15?,16?/m0/s1. The molecule has 29 heavy (non-hydrogen) atoms. The van der Waals surface area contributed by atoms with Gasteiger partial charge in [0.1, 0.15) is 6.10 Å². The number of aryl methyl sites for hydroxylation is 1. The van der Waals surface area contributed by atoms with Crippen molar-refractivity contribution in [2.75, 3.05) is 5.32 Å². The molecule has 156 valence electrons. The number of H-pyrrole nitrogens is 1. The lowest BCUT2D eigenvalue weighted by Crippen LogP contribution is -2.33. The van der Waals surface area contributed by atoms with Crippen molar-refractivity contribution in [2.24, 2.45) is 13.0 Å². The summed E-state index contributed by atoms with van der Waals surface area (Å²) < 4.78 is 7.24. The number of aromatic nitrogens is 4. The fourth-order valence-electron chi connectivity index (χ4n) is 4.06. The van der Waals surface area contributed by atoms with Gasteiger partial charge in [0.25, 0.3) is 0 Å². The van der Waals surface area contributed by atoms with Crippen molar-refractivity contribution in [3.05, 3.63) is 29.7 Å². The van der Waals surface area contributed by atoms with E-state index in [0.717, 1.165) is 36.9 Å². The maximum atomic E-state index is 12.5. The van der Waals surface area contributed by atoms with Crippen LogP contribution in [0.4, 0.5) is 10.6 Å². The van der Waals surface area contributed by atoms with E-state index in [1.807, 2.05) is 39.4 Å². The van der Waals surface area contributed by atoms with Crippen molar-refractivity contribution < 1.29 is 14.3 Å². The van der Waals surface area contributed by atoms with Gasteiger partial charge in [-0.05, 0) is 51.0 Å². The van der Waals surface area contributed by atoms with Crippen molar-refractivity contribution in [2.45, 2.75) is 63.5 Å². The number of carbonyl (C=O) groups is 2. The van der Waals surface area contributed by atoms with E-state index in [4.69, 9.17) is 4.74 Å². The van der Waals surface area contributed by atoms with Crippen molar-refractivity contribution in [1.29, 1.82) is 0 Å². The molecule has 2 saturated carbocycles. The molecule has 0 aliphatic heterocycles. The summed E-state index contributed by atoms with van der Waals surface area (Å²) in [7, 11) is 1.88. The van der Waals surface area contributed by atoms with Gasteiger partial charge < -0.3 is 15.4 Å². The summed E-state index contributed by atoms with van der Waals surface area (Å²) in [6, 6.07) is 1.95. The van der Waals surface area contributed by atoms with Gasteiger partial charge in [0.15, 0.2) is 5.82 Å². The van der Waals surface area contributed by atoms with Crippen molar-refractivity contribution in [1.82, 2.24) is 25.3 Å². The van der Waals surface area contributed by atoms with E-state index in [1.165, 1.54) is 0 Å². The summed E-state index contributed by atoms with van der Waals surface area (Å²) in [5, 5.41) is 17.1. The minimum atomic E-state index is -0.365. The second kappa shape index (κ2) is 7.88. The molecule has 4 rings (SSSR count). The number of nitrogens with one attached hydrogen (secondary N) is 3. The highest BCUT2D eigenvalue weighted by atomic mass is 16.6. The maximum absolute atomic E-state index is 12.5. The van der Waals surface area contributed by atoms with Crippen LogP contribution in [0.15, 0.2) is 18.5 Å². The van der Waals surface area contributed by atoms with E-state index >= 15 is 0 Å². The summed E-state index contributed by atoms with van der Waals surface area (Å²) in [6.45, 7) is 3.80. The van der Waals surface area contributed by atoms with E-state index in [1.54, 1.807) is 4.68 Å². The average Bonchev–Trinajstić information content (AvgIpc) is 2.98. The second-order valence-corrected chi connectivity index (χ2v) is 8.43. The van der Waals surface area contributed by atoms with Crippen LogP contribution >= 0.6 is 0 Å². The van der Waals surface area contributed by atoms with Crippen LogP contribution < -0.4 is 10.6 Å². The van der Waals surface area contributed by atoms with Crippen LogP contribution in [-0.4, -0.2) is 44.1 Å². The third-order valence-electron chi connectivity index (χ3n) is 5.63. The van der Waals surface area contributed by atoms with Crippen LogP contribution in [0, 0.1) is 5.92 Å². The Kier molecular flexibility index (Phi) is 5.29. The number of alkyl carbamates (subject to hydrolysis) is 1. The molecular formula is C20H28N6O3. The molecule has 4 atom stereocenters. The normalized spacial score (nSPS) is 25.8. The Morgan fingerprint density at radius 2 is 2.14 bits per heavy atom. The molecule has 2 aliphatic carbocycles. The first kappa shape index (κ1) is 19.5. The van der Waals surface area contributed by atoms with Gasteiger partial charge in [0.2, 0.25) is 5.91 Å². The number of ether oxygens (including phenoxy) is 1. The Balaban J connectivity index is 1.27. The van der Waals surface area contributed by atoms with E-state index < -0.39 is 0 Å². The first-order chi connectivity index (χ1) is 13.9. The Labute approximate surface area is 169 Å². The quantitative estimate of drug-likeness (QED) is 0.690. The fraction of sp³-hybridized carbons (Fsp3) is 0.600. The van der Waals surface area contributed by atoms with Gasteiger partial charge in [-0.15, -0.1) is 0 Å². The molecule has 2 fully saturated rings. The van der Waals surface area contributed by atoms with Crippen LogP contribution in [0.5, 0.6) is 0 Å². The lowest BCUT2D eigenvalue weighted by molar-refractivity contribution is -0.117. The number of nitrogens with zero attached hydrogens (tertiary/aromatic N) is 3. The summed E-state index contributed by atoms with van der Waals surface area (Å²) in [6.07, 6.45) is 6.67. The number of aromatic amines is 1. The zero-order chi connectivity index (χ0) is 20.5. The lowest BCUT2D eigenvalue weighted by atomic mass is 10.0. The van der Waals surface area contributed by atoms with Crippen LogP contribution in [0.25, 0.3) is 0 Å². The van der Waals surface area contributed by atoms with Gasteiger partial charge >= 0.3 is 6.09 Å². The maximum Gasteiger partial charge on any atom is 0.407 e. The molecule has 0 aromatic carbocycles. The van der Waals surface area contributed by atoms with E-state index in [-0.39, 0.29) is 41.9 Å². The first-order valence-corrected chi connectivity index (χ1v) is 10.2. The SMILES string of the molecule is CC(C)NC(=O)O[C@@H]1CC[C@H](c2cc(NC(=O)C3CC3c3cnn(C)c3)n[nH]2)C1. The van der Waals surface area contributed by atoms with E-state index in [2.05, 4.69) is 25.9 Å². The zero-order valence-corrected chi connectivity index (χ0v) is 17.0. The van der Waals surface area contributed by atoms with E-state index in [9.17, 15) is 9.59 Å². The minimum Gasteiger partial charge on any atom is -0.446 e. The van der Waals surface area contributed by atoms with Crippen molar-refractivity contribution in [3.63, 3.8) is 0 Å². The average molecular weight is 400 g/mol. The van der Waals surface area contributed by atoms with Crippen LogP contribution in [0.1, 0.15) is 62.6 Å². The summed E-state index contributed by atoms with van der Waals surface area (Å²) >= 11 is 0. The molecule has 3 N–H and O–H groups in total. The smallest absolute Gasteiger partial charge is 0.407 e.